The number of piperidine rings is 1. The lowest BCUT2D eigenvalue weighted by Gasteiger charge is -2.45. The molecule has 2 aromatic carbocycles. The van der Waals surface area contributed by atoms with Gasteiger partial charge in [-0.15, -0.1) is 0 Å². The molecule has 190 valence electrons. The predicted molar refractivity (Wildman–Crippen MR) is 140 cm³/mol. The number of hydrogen-bond acceptors (Lipinski definition) is 4. The number of hydrogen-bond donors (Lipinski definition) is 3. The standard InChI is InChI=1S/C29H41N3O3/c1-22-21-32(18-15-29(22,2)25-11-7-12-26(33)20-25)17-14-24(19-23-9-5-4-6-10-23)28(35)31-16-8-13-27(34)30-3/h4-7,9-12,20,22,24,33H,8,13-19,21H2,1-3H3,(H,30,34)(H,31,35). The molecule has 6 nitrogen and oxygen atoms in total. The monoisotopic (exact) mass is 479 g/mol. The molecule has 3 unspecified atom stereocenters. The zero-order valence-corrected chi connectivity index (χ0v) is 21.4. The molecule has 0 radical (unpaired) electrons. The molecule has 0 aliphatic carbocycles. The van der Waals surface area contributed by atoms with Crippen molar-refractivity contribution in [3.05, 3.63) is 65.7 Å². The van der Waals surface area contributed by atoms with Gasteiger partial charge < -0.3 is 20.6 Å². The lowest BCUT2D eigenvalue weighted by molar-refractivity contribution is -0.126. The molecule has 3 atom stereocenters. The van der Waals surface area contributed by atoms with Crippen LogP contribution in [-0.2, 0) is 21.4 Å². The van der Waals surface area contributed by atoms with Crippen LogP contribution in [0.15, 0.2) is 54.6 Å². The Morgan fingerprint density at radius 3 is 2.63 bits per heavy atom. The van der Waals surface area contributed by atoms with Crippen LogP contribution >= 0.6 is 0 Å². The number of benzene rings is 2. The van der Waals surface area contributed by atoms with E-state index in [1.165, 1.54) is 11.1 Å². The maximum atomic E-state index is 13.1. The summed E-state index contributed by atoms with van der Waals surface area (Å²) < 4.78 is 0. The number of amides is 2. The van der Waals surface area contributed by atoms with Gasteiger partial charge in [0.05, 0.1) is 0 Å². The summed E-state index contributed by atoms with van der Waals surface area (Å²) in [5.41, 5.74) is 2.39. The number of carbonyl (C=O) groups excluding carboxylic acids is 2. The van der Waals surface area contributed by atoms with E-state index < -0.39 is 0 Å². The van der Waals surface area contributed by atoms with E-state index in [0.29, 0.717) is 37.5 Å². The highest BCUT2D eigenvalue weighted by molar-refractivity contribution is 5.79. The van der Waals surface area contributed by atoms with E-state index in [0.717, 1.165) is 32.5 Å². The van der Waals surface area contributed by atoms with Gasteiger partial charge in [-0.3, -0.25) is 9.59 Å². The summed E-state index contributed by atoms with van der Waals surface area (Å²) in [5.74, 6) is 0.720. The maximum absolute atomic E-state index is 13.1. The van der Waals surface area contributed by atoms with Gasteiger partial charge in [0.2, 0.25) is 11.8 Å². The number of nitrogens with one attached hydrogen (secondary N) is 2. The van der Waals surface area contributed by atoms with Crippen LogP contribution < -0.4 is 10.6 Å². The molecule has 0 spiro atoms. The summed E-state index contributed by atoms with van der Waals surface area (Å²) in [6.07, 6.45) is 3.59. The van der Waals surface area contributed by atoms with Crippen molar-refractivity contribution in [3.63, 3.8) is 0 Å². The summed E-state index contributed by atoms with van der Waals surface area (Å²) in [4.78, 5) is 27.0. The van der Waals surface area contributed by atoms with E-state index >= 15 is 0 Å². The van der Waals surface area contributed by atoms with Gasteiger partial charge in [-0.1, -0.05) is 56.3 Å². The molecule has 2 amide bonds. The van der Waals surface area contributed by atoms with Crippen LogP contribution in [0, 0.1) is 11.8 Å². The summed E-state index contributed by atoms with van der Waals surface area (Å²) in [6, 6.07) is 17.9. The number of carbonyl (C=O) groups is 2. The fraction of sp³-hybridized carbons (Fsp3) is 0.517. The Labute approximate surface area is 210 Å². The minimum absolute atomic E-state index is 0.00276. The van der Waals surface area contributed by atoms with Crippen molar-refractivity contribution in [2.45, 2.75) is 51.4 Å². The summed E-state index contributed by atoms with van der Waals surface area (Å²) in [5, 5.41) is 15.6. The van der Waals surface area contributed by atoms with Crippen molar-refractivity contribution >= 4 is 11.8 Å². The smallest absolute Gasteiger partial charge is 0.223 e. The van der Waals surface area contributed by atoms with Crippen LogP contribution in [0.3, 0.4) is 0 Å². The number of nitrogens with zero attached hydrogens (tertiary/aromatic N) is 1. The van der Waals surface area contributed by atoms with Gasteiger partial charge in [0.1, 0.15) is 5.75 Å². The summed E-state index contributed by atoms with van der Waals surface area (Å²) >= 11 is 0. The summed E-state index contributed by atoms with van der Waals surface area (Å²) in [7, 11) is 1.63. The van der Waals surface area contributed by atoms with Gasteiger partial charge in [0.15, 0.2) is 0 Å². The van der Waals surface area contributed by atoms with Crippen molar-refractivity contribution in [1.29, 1.82) is 0 Å². The lowest BCUT2D eigenvalue weighted by Crippen LogP contribution is -2.48. The molecule has 0 aromatic heterocycles. The molecule has 1 aliphatic heterocycles. The van der Waals surface area contributed by atoms with E-state index in [4.69, 9.17) is 0 Å². The third kappa shape index (κ3) is 7.56. The van der Waals surface area contributed by atoms with Gasteiger partial charge in [-0.25, -0.2) is 0 Å². The highest BCUT2D eigenvalue weighted by atomic mass is 16.3. The first-order valence-electron chi connectivity index (χ1n) is 12.9. The van der Waals surface area contributed by atoms with Crippen molar-refractivity contribution in [3.8, 4) is 5.75 Å². The second kappa shape index (κ2) is 12.7. The Bertz CT molecular complexity index is 965. The highest BCUT2D eigenvalue weighted by Crippen LogP contribution is 2.40. The molecule has 2 aromatic rings. The molecule has 1 heterocycles. The largest absolute Gasteiger partial charge is 0.508 e. The fourth-order valence-corrected chi connectivity index (χ4v) is 5.10. The molecule has 35 heavy (non-hydrogen) atoms. The molecule has 0 bridgehead atoms. The lowest BCUT2D eigenvalue weighted by atomic mass is 9.68. The molecular weight excluding hydrogens is 438 g/mol. The maximum Gasteiger partial charge on any atom is 0.223 e. The van der Waals surface area contributed by atoms with Crippen LogP contribution in [0.2, 0.25) is 0 Å². The quantitative estimate of drug-likeness (QED) is 0.427. The van der Waals surface area contributed by atoms with Gasteiger partial charge in [0.25, 0.3) is 0 Å². The Morgan fingerprint density at radius 2 is 1.94 bits per heavy atom. The second-order valence-electron chi connectivity index (χ2n) is 10.2. The van der Waals surface area contributed by atoms with E-state index in [1.807, 2.05) is 30.3 Å². The van der Waals surface area contributed by atoms with Crippen LogP contribution in [0.1, 0.15) is 50.7 Å². The number of phenolic OH excluding ortho intramolecular Hbond substituents is 1. The van der Waals surface area contributed by atoms with Gasteiger partial charge in [0, 0.05) is 32.5 Å². The molecule has 6 heteroatoms. The minimum Gasteiger partial charge on any atom is -0.508 e. The third-order valence-electron chi connectivity index (χ3n) is 7.72. The molecule has 0 saturated carbocycles. The highest BCUT2D eigenvalue weighted by Gasteiger charge is 2.38. The van der Waals surface area contributed by atoms with E-state index in [2.05, 4.69) is 47.6 Å². The van der Waals surface area contributed by atoms with Crippen LogP contribution in [0.4, 0.5) is 0 Å². The van der Waals surface area contributed by atoms with E-state index in [-0.39, 0.29) is 23.1 Å². The Kier molecular flexibility index (Phi) is 9.73. The minimum atomic E-state index is -0.105. The second-order valence-corrected chi connectivity index (χ2v) is 10.2. The van der Waals surface area contributed by atoms with Gasteiger partial charge in [-0.2, -0.15) is 0 Å². The van der Waals surface area contributed by atoms with Crippen LogP contribution in [0.5, 0.6) is 5.75 Å². The average molecular weight is 480 g/mol. The van der Waals surface area contributed by atoms with Crippen LogP contribution in [-0.4, -0.2) is 55.0 Å². The Hall–Kier alpha value is -2.86. The molecule has 1 saturated heterocycles. The van der Waals surface area contributed by atoms with Crippen molar-refractivity contribution in [2.24, 2.45) is 11.8 Å². The van der Waals surface area contributed by atoms with E-state index in [1.54, 1.807) is 13.1 Å². The van der Waals surface area contributed by atoms with Crippen LogP contribution in [0.25, 0.3) is 0 Å². The predicted octanol–water partition coefficient (Wildman–Crippen LogP) is 3.88. The zero-order chi connectivity index (χ0) is 25.3. The van der Waals surface area contributed by atoms with Gasteiger partial charge in [-0.05, 0) is 73.4 Å². The molecule has 1 fully saturated rings. The molecule has 3 rings (SSSR count). The molecule has 1 aliphatic rings. The summed E-state index contributed by atoms with van der Waals surface area (Å²) in [6.45, 7) is 7.93. The number of phenols is 1. The first-order chi connectivity index (χ1) is 16.8. The molecule has 3 N–H and O–H groups in total. The fourth-order valence-electron chi connectivity index (χ4n) is 5.10. The number of likely N-dealkylation sites (tertiary alicyclic amines) is 1. The Balaban J connectivity index is 1.57. The first-order valence-corrected chi connectivity index (χ1v) is 12.9. The Morgan fingerprint density at radius 1 is 1.17 bits per heavy atom. The average Bonchev–Trinajstić information content (AvgIpc) is 2.86. The third-order valence-corrected chi connectivity index (χ3v) is 7.72. The molecular formula is C29H41N3O3. The topological polar surface area (TPSA) is 81.7 Å². The SMILES string of the molecule is CNC(=O)CCCNC(=O)C(CCN1CCC(C)(c2cccc(O)c2)C(C)C1)Cc1ccccc1. The van der Waals surface area contributed by atoms with E-state index in [9.17, 15) is 14.7 Å². The number of aromatic hydroxyl groups is 1. The van der Waals surface area contributed by atoms with Crippen molar-refractivity contribution in [1.82, 2.24) is 15.5 Å². The van der Waals surface area contributed by atoms with Crippen molar-refractivity contribution < 1.29 is 14.7 Å². The van der Waals surface area contributed by atoms with Gasteiger partial charge >= 0.3 is 0 Å². The zero-order valence-electron chi connectivity index (χ0n) is 21.4. The first kappa shape index (κ1) is 26.7. The normalized spacial score (nSPS) is 21.3. The number of rotatable bonds is 11. The van der Waals surface area contributed by atoms with Crippen molar-refractivity contribution in [2.75, 3.05) is 33.2 Å².